The van der Waals surface area contributed by atoms with Gasteiger partial charge in [-0.2, -0.15) is 0 Å². The van der Waals surface area contributed by atoms with Crippen LogP contribution in [0.25, 0.3) is 0 Å². The van der Waals surface area contributed by atoms with Crippen LogP contribution in [0.3, 0.4) is 0 Å². The summed E-state index contributed by atoms with van der Waals surface area (Å²) in [6, 6.07) is 4.17. The second kappa shape index (κ2) is 9.25. The quantitative estimate of drug-likeness (QED) is 0.633. The monoisotopic (exact) mass is 377 g/mol. The zero-order chi connectivity index (χ0) is 20.0. The average molecular weight is 377 g/mol. The number of carbonyl (C=O) groups excluding carboxylic acids is 3. The molecule has 0 unspecified atom stereocenters. The van der Waals surface area contributed by atoms with Crippen molar-refractivity contribution in [3.8, 4) is 11.5 Å². The fraction of sp³-hybridized carbons (Fsp3) is 0.526. The summed E-state index contributed by atoms with van der Waals surface area (Å²) in [6.45, 7) is 4.73. The van der Waals surface area contributed by atoms with Crippen molar-refractivity contribution in [1.29, 1.82) is 0 Å². The van der Waals surface area contributed by atoms with Crippen LogP contribution in [-0.2, 0) is 16.0 Å². The topological polar surface area (TPSA) is 97.0 Å². The molecule has 0 radical (unpaired) electrons. The van der Waals surface area contributed by atoms with Gasteiger partial charge in [0, 0.05) is 13.1 Å². The van der Waals surface area contributed by atoms with Gasteiger partial charge in [-0.15, -0.1) is 0 Å². The van der Waals surface area contributed by atoms with Crippen LogP contribution in [0.15, 0.2) is 18.2 Å². The third kappa shape index (κ3) is 5.35. The number of ether oxygens (including phenoxy) is 2. The van der Waals surface area contributed by atoms with Gasteiger partial charge in [-0.05, 0) is 30.0 Å². The summed E-state index contributed by atoms with van der Waals surface area (Å²) in [5.41, 5.74) is 0.909. The number of imide groups is 1. The van der Waals surface area contributed by atoms with Crippen molar-refractivity contribution >= 4 is 17.8 Å². The molecule has 2 N–H and O–H groups in total. The van der Waals surface area contributed by atoms with Crippen LogP contribution in [0.1, 0.15) is 25.8 Å². The zero-order valence-electron chi connectivity index (χ0n) is 16.2. The van der Waals surface area contributed by atoms with Gasteiger partial charge in [-0.1, -0.05) is 19.9 Å². The van der Waals surface area contributed by atoms with E-state index in [1.165, 1.54) is 0 Å². The maximum absolute atomic E-state index is 12.5. The SMILES string of the molecule is COc1ccc(CCN2C(=O)N[C@H](CC(=O)NCC(C)C)C2=O)cc1OC. The van der Waals surface area contributed by atoms with E-state index < -0.39 is 12.1 Å². The van der Waals surface area contributed by atoms with Gasteiger partial charge in [0.05, 0.1) is 20.6 Å². The van der Waals surface area contributed by atoms with Crippen LogP contribution < -0.4 is 20.1 Å². The van der Waals surface area contributed by atoms with E-state index >= 15 is 0 Å². The molecular weight excluding hydrogens is 350 g/mol. The smallest absolute Gasteiger partial charge is 0.324 e. The first-order valence-corrected chi connectivity index (χ1v) is 8.95. The number of hydrogen-bond acceptors (Lipinski definition) is 5. The summed E-state index contributed by atoms with van der Waals surface area (Å²) in [6.07, 6.45) is 0.427. The van der Waals surface area contributed by atoms with Crippen LogP contribution in [0.2, 0.25) is 0 Å². The van der Waals surface area contributed by atoms with E-state index in [-0.39, 0.29) is 24.8 Å². The molecule has 0 spiro atoms. The molecule has 8 heteroatoms. The molecule has 0 aliphatic carbocycles. The number of methoxy groups -OCH3 is 2. The highest BCUT2D eigenvalue weighted by Crippen LogP contribution is 2.27. The number of urea groups is 1. The summed E-state index contributed by atoms with van der Waals surface area (Å²) in [4.78, 5) is 37.6. The molecule has 8 nitrogen and oxygen atoms in total. The van der Waals surface area contributed by atoms with Gasteiger partial charge < -0.3 is 20.1 Å². The molecule has 1 atom stereocenters. The molecule has 1 aromatic rings. The van der Waals surface area contributed by atoms with Crippen molar-refractivity contribution in [2.75, 3.05) is 27.3 Å². The first kappa shape index (κ1) is 20.5. The van der Waals surface area contributed by atoms with E-state index in [4.69, 9.17) is 9.47 Å². The lowest BCUT2D eigenvalue weighted by Gasteiger charge is -2.14. The Balaban J connectivity index is 1.92. The molecule has 0 bridgehead atoms. The minimum absolute atomic E-state index is 0.0514. The summed E-state index contributed by atoms with van der Waals surface area (Å²) >= 11 is 0. The Morgan fingerprint density at radius 3 is 2.56 bits per heavy atom. The number of nitrogens with one attached hydrogen (secondary N) is 2. The Morgan fingerprint density at radius 2 is 1.93 bits per heavy atom. The highest BCUT2D eigenvalue weighted by Gasteiger charge is 2.38. The first-order chi connectivity index (χ1) is 12.8. The lowest BCUT2D eigenvalue weighted by molar-refractivity contribution is -0.130. The Morgan fingerprint density at radius 1 is 1.22 bits per heavy atom. The highest BCUT2D eigenvalue weighted by atomic mass is 16.5. The molecule has 4 amide bonds. The van der Waals surface area contributed by atoms with Crippen LogP contribution in [-0.4, -0.2) is 56.1 Å². The second-order valence-corrected chi connectivity index (χ2v) is 6.83. The van der Waals surface area contributed by atoms with Crippen molar-refractivity contribution in [2.24, 2.45) is 5.92 Å². The molecule has 2 rings (SSSR count). The minimum Gasteiger partial charge on any atom is -0.493 e. The van der Waals surface area contributed by atoms with Crippen LogP contribution in [0.4, 0.5) is 4.79 Å². The standard InChI is InChI=1S/C19H27N3O5/c1-12(2)11-20-17(23)10-14-18(24)22(19(25)21-14)8-7-13-5-6-15(26-3)16(9-13)27-4/h5-6,9,12,14H,7-8,10-11H2,1-4H3,(H,20,23)(H,21,25)/t14-/m1/s1. The summed E-state index contributed by atoms with van der Waals surface area (Å²) < 4.78 is 10.5. The Labute approximate surface area is 159 Å². The van der Waals surface area contributed by atoms with Crippen molar-refractivity contribution < 1.29 is 23.9 Å². The number of nitrogens with zero attached hydrogens (tertiary/aromatic N) is 1. The van der Waals surface area contributed by atoms with Gasteiger partial charge in [-0.3, -0.25) is 14.5 Å². The molecule has 148 valence electrons. The Kier molecular flexibility index (Phi) is 7.04. The molecule has 27 heavy (non-hydrogen) atoms. The summed E-state index contributed by atoms with van der Waals surface area (Å²) in [5.74, 6) is 0.903. The molecule has 1 saturated heterocycles. The number of carbonyl (C=O) groups is 3. The van der Waals surface area contributed by atoms with Crippen LogP contribution >= 0.6 is 0 Å². The van der Waals surface area contributed by atoms with E-state index in [0.29, 0.717) is 30.4 Å². The van der Waals surface area contributed by atoms with E-state index in [1.54, 1.807) is 20.3 Å². The minimum atomic E-state index is -0.810. The van der Waals surface area contributed by atoms with Gasteiger partial charge in [0.15, 0.2) is 11.5 Å². The zero-order valence-corrected chi connectivity index (χ0v) is 16.2. The van der Waals surface area contributed by atoms with Crippen molar-refractivity contribution in [3.63, 3.8) is 0 Å². The fourth-order valence-electron chi connectivity index (χ4n) is 2.78. The van der Waals surface area contributed by atoms with Gasteiger partial charge in [0.25, 0.3) is 5.91 Å². The average Bonchev–Trinajstić information content (AvgIpc) is 2.91. The maximum atomic E-state index is 12.5. The van der Waals surface area contributed by atoms with E-state index in [0.717, 1.165) is 10.5 Å². The second-order valence-electron chi connectivity index (χ2n) is 6.83. The molecule has 0 aromatic heterocycles. The molecule has 1 aliphatic rings. The largest absolute Gasteiger partial charge is 0.493 e. The van der Waals surface area contributed by atoms with E-state index in [2.05, 4.69) is 10.6 Å². The highest BCUT2D eigenvalue weighted by molar-refractivity contribution is 6.05. The lowest BCUT2D eigenvalue weighted by Crippen LogP contribution is -2.37. The van der Waals surface area contributed by atoms with Crippen LogP contribution in [0.5, 0.6) is 11.5 Å². The molecule has 1 aromatic carbocycles. The molecule has 1 heterocycles. The summed E-state index contributed by atoms with van der Waals surface area (Å²) in [7, 11) is 3.11. The normalized spacial score (nSPS) is 16.5. The van der Waals surface area contributed by atoms with Gasteiger partial charge in [-0.25, -0.2) is 4.79 Å². The lowest BCUT2D eigenvalue weighted by atomic mass is 10.1. The fourth-order valence-corrected chi connectivity index (χ4v) is 2.78. The third-order valence-corrected chi connectivity index (χ3v) is 4.28. The first-order valence-electron chi connectivity index (χ1n) is 8.95. The Bertz CT molecular complexity index is 705. The van der Waals surface area contributed by atoms with Crippen LogP contribution in [0, 0.1) is 5.92 Å². The predicted octanol–water partition coefficient (Wildman–Crippen LogP) is 1.33. The predicted molar refractivity (Wildman–Crippen MR) is 99.7 cm³/mol. The van der Waals surface area contributed by atoms with Gasteiger partial charge in [0.1, 0.15) is 6.04 Å². The number of amides is 4. The van der Waals surface area contributed by atoms with E-state index in [1.807, 2.05) is 26.0 Å². The van der Waals surface area contributed by atoms with Crippen molar-refractivity contribution in [1.82, 2.24) is 15.5 Å². The number of benzene rings is 1. The number of hydrogen-bond donors (Lipinski definition) is 2. The molecule has 1 fully saturated rings. The van der Waals surface area contributed by atoms with E-state index in [9.17, 15) is 14.4 Å². The van der Waals surface area contributed by atoms with Crippen molar-refractivity contribution in [2.45, 2.75) is 32.7 Å². The molecule has 1 aliphatic heterocycles. The van der Waals surface area contributed by atoms with Gasteiger partial charge >= 0.3 is 6.03 Å². The van der Waals surface area contributed by atoms with Crippen molar-refractivity contribution in [3.05, 3.63) is 23.8 Å². The molecule has 0 saturated carbocycles. The third-order valence-electron chi connectivity index (χ3n) is 4.28. The Hall–Kier alpha value is -2.77. The maximum Gasteiger partial charge on any atom is 0.324 e. The van der Waals surface area contributed by atoms with Gasteiger partial charge in [0.2, 0.25) is 5.91 Å². The summed E-state index contributed by atoms with van der Waals surface area (Å²) in [5, 5.41) is 5.34. The molecular formula is C19H27N3O5. The number of rotatable bonds is 9.